The van der Waals surface area contributed by atoms with Crippen molar-refractivity contribution >= 4 is 29.3 Å². The van der Waals surface area contributed by atoms with Crippen LogP contribution in [0.3, 0.4) is 0 Å². The largest absolute Gasteiger partial charge is 0.481 e. The number of carboxylic acid groups (broad SMARTS) is 1. The number of carbonyl (C=O) groups is 2. The number of benzene rings is 1. The fraction of sp³-hybridized carbons (Fsp3) is 0.467. The maximum absolute atomic E-state index is 12.3. The molecule has 0 saturated carbocycles. The second-order valence-electron chi connectivity index (χ2n) is 5.44. The molecule has 1 aromatic rings. The van der Waals surface area contributed by atoms with E-state index in [1.165, 1.54) is 0 Å². The second-order valence-corrected chi connectivity index (χ2v) is 5.88. The van der Waals surface area contributed by atoms with Gasteiger partial charge in [0.15, 0.2) is 0 Å². The highest BCUT2D eigenvalue weighted by Crippen LogP contribution is 2.23. The monoisotopic (exact) mass is 310 g/mol. The number of rotatable bonds is 3. The number of urea groups is 1. The third kappa shape index (κ3) is 4.36. The molecule has 2 rings (SSSR count). The summed E-state index contributed by atoms with van der Waals surface area (Å²) in [5.41, 5.74) is 1.62. The Hall–Kier alpha value is -1.75. The van der Waals surface area contributed by atoms with Crippen LogP contribution in [0.25, 0.3) is 0 Å². The summed E-state index contributed by atoms with van der Waals surface area (Å²) in [5, 5.41) is 12.3. The van der Waals surface area contributed by atoms with Crippen LogP contribution < -0.4 is 5.32 Å². The molecule has 6 heteroatoms. The zero-order valence-corrected chi connectivity index (χ0v) is 12.7. The first-order valence-electron chi connectivity index (χ1n) is 6.99. The number of carbonyl (C=O) groups excluding carboxylic acids is 1. The maximum atomic E-state index is 12.3. The quantitative estimate of drug-likeness (QED) is 0.899. The highest BCUT2D eigenvalue weighted by Gasteiger charge is 2.25. The number of aliphatic carboxylic acids is 1. The summed E-state index contributed by atoms with van der Waals surface area (Å²) >= 11 is 5.94. The van der Waals surface area contributed by atoms with E-state index in [1.54, 1.807) is 17.0 Å². The molecule has 0 aromatic heterocycles. The van der Waals surface area contributed by atoms with Gasteiger partial charge in [-0.3, -0.25) is 4.79 Å². The van der Waals surface area contributed by atoms with E-state index in [9.17, 15) is 9.59 Å². The smallest absolute Gasteiger partial charge is 0.321 e. The number of anilines is 1. The van der Waals surface area contributed by atoms with Crippen LogP contribution in [0.2, 0.25) is 5.02 Å². The van der Waals surface area contributed by atoms with Gasteiger partial charge in [0.2, 0.25) is 0 Å². The summed E-state index contributed by atoms with van der Waals surface area (Å²) in [6.45, 7) is 3.04. The van der Waals surface area contributed by atoms with E-state index >= 15 is 0 Å². The number of hydrogen-bond donors (Lipinski definition) is 2. The van der Waals surface area contributed by atoms with Crippen LogP contribution in [0.1, 0.15) is 24.8 Å². The van der Waals surface area contributed by atoms with Crippen LogP contribution in [0.4, 0.5) is 10.5 Å². The van der Waals surface area contributed by atoms with E-state index in [1.807, 2.05) is 13.0 Å². The lowest BCUT2D eigenvalue weighted by Gasteiger charge is -2.32. The average Bonchev–Trinajstić information content (AvgIpc) is 2.42. The maximum Gasteiger partial charge on any atom is 0.321 e. The number of hydrogen-bond acceptors (Lipinski definition) is 2. The topological polar surface area (TPSA) is 69.6 Å². The highest BCUT2D eigenvalue weighted by atomic mass is 35.5. The Bertz CT molecular complexity index is 548. The van der Waals surface area contributed by atoms with Crippen molar-refractivity contribution in [1.29, 1.82) is 0 Å². The molecule has 0 bridgehead atoms. The van der Waals surface area contributed by atoms with E-state index in [0.717, 1.165) is 18.4 Å². The van der Waals surface area contributed by atoms with Crippen molar-refractivity contribution in [1.82, 2.24) is 4.90 Å². The Kier molecular flexibility index (Phi) is 5.07. The molecule has 2 N–H and O–H groups in total. The minimum absolute atomic E-state index is 0.0301. The van der Waals surface area contributed by atoms with Crippen LogP contribution in [0.15, 0.2) is 18.2 Å². The zero-order chi connectivity index (χ0) is 15.4. The van der Waals surface area contributed by atoms with Crippen LogP contribution >= 0.6 is 11.6 Å². The van der Waals surface area contributed by atoms with Crippen molar-refractivity contribution in [2.45, 2.75) is 26.2 Å². The van der Waals surface area contributed by atoms with Crippen LogP contribution in [-0.2, 0) is 4.79 Å². The number of carboxylic acids is 1. The fourth-order valence-electron chi connectivity index (χ4n) is 2.59. The summed E-state index contributed by atoms with van der Waals surface area (Å²) in [4.78, 5) is 24.7. The number of halogens is 1. The van der Waals surface area contributed by atoms with Crippen molar-refractivity contribution in [3.8, 4) is 0 Å². The minimum atomic E-state index is -0.812. The van der Waals surface area contributed by atoms with Crippen LogP contribution in [0, 0.1) is 12.8 Å². The summed E-state index contributed by atoms with van der Waals surface area (Å²) in [6.07, 6.45) is 1.80. The average molecular weight is 311 g/mol. The van der Waals surface area contributed by atoms with Gasteiger partial charge in [-0.15, -0.1) is 0 Å². The van der Waals surface area contributed by atoms with Gasteiger partial charge in [-0.05, 0) is 43.4 Å². The number of amides is 2. The van der Waals surface area contributed by atoms with Gasteiger partial charge in [0.1, 0.15) is 0 Å². The van der Waals surface area contributed by atoms with Crippen LogP contribution in [0.5, 0.6) is 0 Å². The van der Waals surface area contributed by atoms with Crippen LogP contribution in [-0.4, -0.2) is 35.1 Å². The predicted octanol–water partition coefficient (Wildman–Crippen LogP) is 3.37. The molecule has 0 spiro atoms. The van der Waals surface area contributed by atoms with E-state index in [4.69, 9.17) is 16.7 Å². The number of nitrogens with zero attached hydrogens (tertiary/aromatic N) is 1. The lowest BCUT2D eigenvalue weighted by atomic mass is 9.95. The Morgan fingerprint density at radius 2 is 2.24 bits per heavy atom. The number of nitrogens with one attached hydrogen (secondary N) is 1. The van der Waals surface area contributed by atoms with Gasteiger partial charge >= 0.3 is 12.0 Å². The van der Waals surface area contributed by atoms with Gasteiger partial charge in [0.25, 0.3) is 0 Å². The first-order valence-corrected chi connectivity index (χ1v) is 7.37. The lowest BCUT2D eigenvalue weighted by molar-refractivity contribution is -0.138. The number of likely N-dealkylation sites (tertiary alicyclic amines) is 1. The molecule has 1 aliphatic heterocycles. The molecule has 1 heterocycles. The first-order chi connectivity index (χ1) is 9.95. The third-order valence-electron chi connectivity index (χ3n) is 3.71. The Labute approximate surface area is 128 Å². The van der Waals surface area contributed by atoms with E-state index in [0.29, 0.717) is 23.8 Å². The summed E-state index contributed by atoms with van der Waals surface area (Å²) in [7, 11) is 0. The standard InChI is InChI=1S/C15H19ClN2O3/c1-10-4-5-12(16)8-13(10)17-15(21)18-6-2-3-11(9-18)7-14(19)20/h4-5,8,11H,2-3,6-7,9H2,1H3,(H,17,21)(H,19,20). The Morgan fingerprint density at radius 1 is 1.48 bits per heavy atom. The molecule has 2 amide bonds. The SMILES string of the molecule is Cc1ccc(Cl)cc1NC(=O)N1CCCC(CC(=O)O)C1. The minimum Gasteiger partial charge on any atom is -0.481 e. The second kappa shape index (κ2) is 6.80. The van der Waals surface area contributed by atoms with Gasteiger partial charge in [-0.25, -0.2) is 4.79 Å². The molecule has 0 aliphatic carbocycles. The zero-order valence-electron chi connectivity index (χ0n) is 11.9. The summed E-state index contributed by atoms with van der Waals surface area (Å²) in [6, 6.07) is 5.14. The van der Waals surface area contributed by atoms with Crippen molar-refractivity contribution in [3.63, 3.8) is 0 Å². The predicted molar refractivity (Wildman–Crippen MR) is 81.8 cm³/mol. The molecule has 1 aliphatic rings. The molecule has 114 valence electrons. The molecule has 21 heavy (non-hydrogen) atoms. The highest BCUT2D eigenvalue weighted by molar-refractivity contribution is 6.31. The van der Waals surface area contributed by atoms with E-state index < -0.39 is 5.97 Å². The Balaban J connectivity index is 1.99. The number of aryl methyl sites for hydroxylation is 1. The van der Waals surface area contributed by atoms with Gasteiger partial charge in [-0.2, -0.15) is 0 Å². The van der Waals surface area contributed by atoms with Gasteiger partial charge in [-0.1, -0.05) is 17.7 Å². The summed E-state index contributed by atoms with van der Waals surface area (Å²) in [5.74, 6) is -0.782. The van der Waals surface area contributed by atoms with Crippen molar-refractivity contribution in [2.24, 2.45) is 5.92 Å². The molecule has 1 saturated heterocycles. The van der Waals surface area contributed by atoms with Gasteiger partial charge < -0.3 is 15.3 Å². The Morgan fingerprint density at radius 3 is 2.95 bits per heavy atom. The first kappa shape index (κ1) is 15.6. The third-order valence-corrected chi connectivity index (χ3v) is 3.95. The molecular weight excluding hydrogens is 292 g/mol. The molecule has 1 unspecified atom stereocenters. The normalized spacial score (nSPS) is 18.4. The molecule has 1 fully saturated rings. The molecule has 1 aromatic carbocycles. The fourth-order valence-corrected chi connectivity index (χ4v) is 2.76. The summed E-state index contributed by atoms with van der Waals surface area (Å²) < 4.78 is 0. The van der Waals surface area contributed by atoms with Crippen molar-refractivity contribution in [2.75, 3.05) is 18.4 Å². The number of piperidine rings is 1. The van der Waals surface area contributed by atoms with Gasteiger partial charge in [0.05, 0.1) is 0 Å². The van der Waals surface area contributed by atoms with Crippen molar-refractivity contribution in [3.05, 3.63) is 28.8 Å². The van der Waals surface area contributed by atoms with Gasteiger partial charge in [0, 0.05) is 30.2 Å². The molecular formula is C15H19ClN2O3. The van der Waals surface area contributed by atoms with Crippen molar-refractivity contribution < 1.29 is 14.7 Å². The lowest BCUT2D eigenvalue weighted by Crippen LogP contribution is -2.42. The van der Waals surface area contributed by atoms with E-state index in [-0.39, 0.29) is 18.4 Å². The molecule has 5 nitrogen and oxygen atoms in total. The van der Waals surface area contributed by atoms with E-state index in [2.05, 4.69) is 5.32 Å². The molecule has 0 radical (unpaired) electrons. The molecule has 1 atom stereocenters.